The van der Waals surface area contributed by atoms with Crippen molar-refractivity contribution >= 4 is 11.6 Å². The Labute approximate surface area is 86.1 Å². The number of carbonyl (C=O) groups excluding carboxylic acids is 2. The van der Waals surface area contributed by atoms with Crippen LogP contribution in [0.1, 0.15) is 46.5 Å². The van der Waals surface area contributed by atoms with Crippen LogP contribution in [0, 0.1) is 17.8 Å². The van der Waals surface area contributed by atoms with Crippen molar-refractivity contribution in [1.29, 1.82) is 0 Å². The number of Topliss-reactive ketones (excluding diaryl/α,β-unsaturated/α-hetero) is 2. The average Bonchev–Trinajstić information content (AvgIpc) is 2.60. The summed E-state index contributed by atoms with van der Waals surface area (Å²) in [6.45, 7) is 5.68. The fraction of sp³-hybridized carbons (Fsp3) is 0.833. The molecule has 0 N–H and O–H groups in total. The molecule has 0 amide bonds. The lowest BCUT2D eigenvalue weighted by Gasteiger charge is -2.14. The summed E-state index contributed by atoms with van der Waals surface area (Å²) in [7, 11) is 0. The van der Waals surface area contributed by atoms with Crippen LogP contribution < -0.4 is 0 Å². The zero-order chi connectivity index (χ0) is 10.7. The van der Waals surface area contributed by atoms with Gasteiger partial charge in [0.05, 0.1) is 0 Å². The first-order chi connectivity index (χ1) is 6.60. The maximum atomic E-state index is 11.6. The standard InChI is InChI=1S/C12H20O2/c1-4-9-6-10(8(3)13)7-11(9)12(14)5-2/h9-11H,4-7H2,1-3H3/t9-,10+,11-/m1/s1. The van der Waals surface area contributed by atoms with Gasteiger partial charge in [0.1, 0.15) is 11.6 Å². The molecule has 0 bridgehead atoms. The van der Waals surface area contributed by atoms with Gasteiger partial charge < -0.3 is 0 Å². The molecule has 1 aliphatic rings. The maximum Gasteiger partial charge on any atom is 0.136 e. The third-order valence-corrected chi connectivity index (χ3v) is 3.56. The molecule has 1 rings (SSSR count). The van der Waals surface area contributed by atoms with E-state index in [1.807, 2.05) is 6.92 Å². The van der Waals surface area contributed by atoms with E-state index in [-0.39, 0.29) is 17.6 Å². The highest BCUT2D eigenvalue weighted by Crippen LogP contribution is 2.39. The lowest BCUT2D eigenvalue weighted by Crippen LogP contribution is -2.17. The number of carbonyl (C=O) groups is 2. The van der Waals surface area contributed by atoms with Crippen LogP contribution in [-0.4, -0.2) is 11.6 Å². The van der Waals surface area contributed by atoms with Crippen molar-refractivity contribution in [1.82, 2.24) is 0 Å². The maximum absolute atomic E-state index is 11.6. The molecule has 14 heavy (non-hydrogen) atoms. The first-order valence-corrected chi connectivity index (χ1v) is 5.63. The minimum atomic E-state index is 0.153. The third-order valence-electron chi connectivity index (χ3n) is 3.56. The number of hydrogen-bond donors (Lipinski definition) is 0. The summed E-state index contributed by atoms with van der Waals surface area (Å²) in [5, 5.41) is 0. The Morgan fingerprint density at radius 1 is 1.21 bits per heavy atom. The van der Waals surface area contributed by atoms with Crippen molar-refractivity contribution in [2.75, 3.05) is 0 Å². The highest BCUT2D eigenvalue weighted by Gasteiger charge is 2.38. The largest absolute Gasteiger partial charge is 0.300 e. The second kappa shape index (κ2) is 4.72. The summed E-state index contributed by atoms with van der Waals surface area (Å²) in [4.78, 5) is 22.9. The van der Waals surface area contributed by atoms with Gasteiger partial charge >= 0.3 is 0 Å². The van der Waals surface area contributed by atoms with Gasteiger partial charge in [-0.05, 0) is 25.7 Å². The van der Waals surface area contributed by atoms with E-state index in [2.05, 4.69) is 6.92 Å². The lowest BCUT2D eigenvalue weighted by atomic mass is 9.89. The molecule has 1 fully saturated rings. The second-order valence-electron chi connectivity index (χ2n) is 4.37. The minimum absolute atomic E-state index is 0.153. The molecule has 0 radical (unpaired) electrons. The van der Waals surface area contributed by atoms with Crippen molar-refractivity contribution in [2.24, 2.45) is 17.8 Å². The molecule has 0 aromatic carbocycles. The molecule has 1 aliphatic carbocycles. The van der Waals surface area contributed by atoms with Crippen molar-refractivity contribution in [3.8, 4) is 0 Å². The van der Waals surface area contributed by atoms with Gasteiger partial charge in [-0.2, -0.15) is 0 Å². The molecule has 0 heterocycles. The zero-order valence-corrected chi connectivity index (χ0v) is 9.38. The molecule has 0 spiro atoms. The Morgan fingerprint density at radius 2 is 1.86 bits per heavy atom. The van der Waals surface area contributed by atoms with E-state index in [0.29, 0.717) is 18.1 Å². The quantitative estimate of drug-likeness (QED) is 0.692. The lowest BCUT2D eigenvalue weighted by molar-refractivity contribution is -0.123. The molecule has 3 atom stereocenters. The summed E-state index contributed by atoms with van der Waals surface area (Å²) in [5.41, 5.74) is 0. The Kier molecular flexibility index (Phi) is 3.85. The predicted octanol–water partition coefficient (Wildman–Crippen LogP) is 2.61. The van der Waals surface area contributed by atoms with Gasteiger partial charge in [-0.15, -0.1) is 0 Å². The van der Waals surface area contributed by atoms with Gasteiger partial charge in [0, 0.05) is 18.3 Å². The van der Waals surface area contributed by atoms with Crippen molar-refractivity contribution in [3.63, 3.8) is 0 Å². The van der Waals surface area contributed by atoms with Crippen LogP contribution in [0.2, 0.25) is 0 Å². The molecule has 0 aromatic heterocycles. The van der Waals surface area contributed by atoms with Crippen LogP contribution >= 0.6 is 0 Å². The normalized spacial score (nSPS) is 31.8. The molecule has 0 saturated heterocycles. The van der Waals surface area contributed by atoms with Gasteiger partial charge in [-0.3, -0.25) is 9.59 Å². The van der Waals surface area contributed by atoms with Crippen LogP contribution in [0.25, 0.3) is 0 Å². The van der Waals surface area contributed by atoms with E-state index in [0.717, 1.165) is 19.3 Å². The molecule has 0 aromatic rings. The van der Waals surface area contributed by atoms with E-state index < -0.39 is 0 Å². The van der Waals surface area contributed by atoms with Gasteiger partial charge in [0.2, 0.25) is 0 Å². The molecule has 0 aliphatic heterocycles. The van der Waals surface area contributed by atoms with E-state index in [9.17, 15) is 9.59 Å². The third kappa shape index (κ3) is 2.23. The SMILES string of the molecule is CCC(=O)[C@@H]1C[C@@H](C(C)=O)C[C@H]1CC. The molecular weight excluding hydrogens is 176 g/mol. The smallest absolute Gasteiger partial charge is 0.136 e. The molecule has 0 unspecified atom stereocenters. The van der Waals surface area contributed by atoms with Gasteiger partial charge in [-0.1, -0.05) is 20.3 Å². The van der Waals surface area contributed by atoms with E-state index >= 15 is 0 Å². The number of rotatable bonds is 4. The first kappa shape index (κ1) is 11.4. The molecule has 2 heteroatoms. The fourth-order valence-corrected chi connectivity index (χ4v) is 2.56. The number of ketones is 2. The first-order valence-electron chi connectivity index (χ1n) is 5.63. The Hall–Kier alpha value is -0.660. The highest BCUT2D eigenvalue weighted by atomic mass is 16.1. The van der Waals surface area contributed by atoms with Crippen molar-refractivity contribution in [3.05, 3.63) is 0 Å². The van der Waals surface area contributed by atoms with Gasteiger partial charge in [-0.25, -0.2) is 0 Å². The molecule has 1 saturated carbocycles. The molecule has 80 valence electrons. The fourth-order valence-electron chi connectivity index (χ4n) is 2.56. The van der Waals surface area contributed by atoms with Gasteiger partial charge in [0.25, 0.3) is 0 Å². The zero-order valence-electron chi connectivity index (χ0n) is 9.38. The highest BCUT2D eigenvalue weighted by molar-refractivity contribution is 5.84. The Bertz CT molecular complexity index is 232. The Balaban J connectivity index is 2.67. The Morgan fingerprint density at radius 3 is 2.29 bits per heavy atom. The monoisotopic (exact) mass is 196 g/mol. The summed E-state index contributed by atoms with van der Waals surface area (Å²) in [6.07, 6.45) is 3.38. The van der Waals surface area contributed by atoms with E-state index in [4.69, 9.17) is 0 Å². The number of hydrogen-bond acceptors (Lipinski definition) is 2. The molecule has 2 nitrogen and oxygen atoms in total. The van der Waals surface area contributed by atoms with E-state index in [1.54, 1.807) is 6.92 Å². The summed E-state index contributed by atoms with van der Waals surface area (Å²) in [5.74, 6) is 1.38. The summed E-state index contributed by atoms with van der Waals surface area (Å²) < 4.78 is 0. The van der Waals surface area contributed by atoms with Crippen LogP contribution in [0.5, 0.6) is 0 Å². The van der Waals surface area contributed by atoms with E-state index in [1.165, 1.54) is 0 Å². The average molecular weight is 196 g/mol. The predicted molar refractivity (Wildman–Crippen MR) is 56.0 cm³/mol. The van der Waals surface area contributed by atoms with Crippen LogP contribution in [0.15, 0.2) is 0 Å². The minimum Gasteiger partial charge on any atom is -0.300 e. The topological polar surface area (TPSA) is 34.1 Å². The summed E-state index contributed by atoms with van der Waals surface area (Å²) in [6, 6.07) is 0. The van der Waals surface area contributed by atoms with Crippen LogP contribution in [-0.2, 0) is 9.59 Å². The van der Waals surface area contributed by atoms with Crippen LogP contribution in [0.4, 0.5) is 0 Å². The van der Waals surface area contributed by atoms with Gasteiger partial charge in [0.15, 0.2) is 0 Å². The van der Waals surface area contributed by atoms with Crippen molar-refractivity contribution < 1.29 is 9.59 Å². The molecular formula is C12H20O2. The second-order valence-corrected chi connectivity index (χ2v) is 4.37. The summed E-state index contributed by atoms with van der Waals surface area (Å²) >= 11 is 0. The van der Waals surface area contributed by atoms with Crippen molar-refractivity contribution in [2.45, 2.75) is 46.5 Å². The van der Waals surface area contributed by atoms with Crippen LogP contribution in [0.3, 0.4) is 0 Å².